The summed E-state index contributed by atoms with van der Waals surface area (Å²) >= 11 is 0. The van der Waals surface area contributed by atoms with Gasteiger partial charge in [0.2, 0.25) is 11.8 Å². The zero-order valence-electron chi connectivity index (χ0n) is 25.2. The summed E-state index contributed by atoms with van der Waals surface area (Å²) in [6.45, 7) is 7.30. The molecule has 0 aliphatic rings. The minimum absolute atomic E-state index is 0.0659. The third-order valence-electron chi connectivity index (χ3n) is 7.25. The minimum atomic E-state index is -4.25. The van der Waals surface area contributed by atoms with Gasteiger partial charge in [-0.2, -0.15) is 0 Å². The van der Waals surface area contributed by atoms with Crippen molar-refractivity contribution in [1.29, 1.82) is 0 Å². The summed E-state index contributed by atoms with van der Waals surface area (Å²) in [6.07, 6.45) is 1.09. The fraction of sp³-hybridized carbons (Fsp3) is 0.375. The molecule has 0 bridgehead atoms. The number of methoxy groups -OCH3 is 2. The number of aryl methyl sites for hydroxylation is 1. The maximum Gasteiger partial charge on any atom is 0.264 e. The number of para-hydroxylation sites is 1. The molecular weight excluding hydrogens is 554 g/mol. The first-order chi connectivity index (χ1) is 20.1. The Labute approximate surface area is 249 Å². The van der Waals surface area contributed by atoms with Crippen LogP contribution in [0.25, 0.3) is 0 Å². The van der Waals surface area contributed by atoms with Crippen molar-refractivity contribution < 1.29 is 27.5 Å². The van der Waals surface area contributed by atoms with Crippen LogP contribution in [0, 0.1) is 6.92 Å². The van der Waals surface area contributed by atoms with Crippen LogP contribution in [0.3, 0.4) is 0 Å². The molecule has 0 radical (unpaired) electrons. The maximum absolute atomic E-state index is 14.2. The smallest absolute Gasteiger partial charge is 0.264 e. The van der Waals surface area contributed by atoms with Gasteiger partial charge in [-0.3, -0.25) is 13.9 Å². The van der Waals surface area contributed by atoms with Crippen LogP contribution in [-0.2, 0) is 26.2 Å². The van der Waals surface area contributed by atoms with Crippen molar-refractivity contribution in [3.8, 4) is 11.5 Å². The van der Waals surface area contributed by atoms with E-state index in [1.54, 1.807) is 30.3 Å². The third kappa shape index (κ3) is 7.61. The molecule has 3 aromatic carbocycles. The highest BCUT2D eigenvalue weighted by molar-refractivity contribution is 7.92. The van der Waals surface area contributed by atoms with E-state index in [9.17, 15) is 18.0 Å². The van der Waals surface area contributed by atoms with Crippen molar-refractivity contribution in [2.75, 3.05) is 25.1 Å². The molecule has 0 aromatic heterocycles. The van der Waals surface area contributed by atoms with Crippen LogP contribution in [-0.4, -0.2) is 58.0 Å². The lowest BCUT2D eigenvalue weighted by Gasteiger charge is -2.34. The van der Waals surface area contributed by atoms with Gasteiger partial charge in [0.25, 0.3) is 10.0 Å². The van der Waals surface area contributed by atoms with E-state index < -0.39 is 28.5 Å². The third-order valence-corrected chi connectivity index (χ3v) is 9.02. The molecule has 0 fully saturated rings. The molecule has 3 rings (SSSR count). The summed E-state index contributed by atoms with van der Waals surface area (Å²) in [6, 6.07) is 19.5. The van der Waals surface area contributed by atoms with Crippen LogP contribution in [0.2, 0.25) is 0 Å². The molecule has 2 atom stereocenters. The first-order valence-electron chi connectivity index (χ1n) is 14.0. The number of hydrogen-bond donors (Lipinski definition) is 1. The molecule has 0 spiro atoms. The van der Waals surface area contributed by atoms with Crippen molar-refractivity contribution in [3.05, 3.63) is 83.9 Å². The van der Waals surface area contributed by atoms with Gasteiger partial charge >= 0.3 is 0 Å². The summed E-state index contributed by atoms with van der Waals surface area (Å²) in [4.78, 5) is 29.0. The lowest BCUT2D eigenvalue weighted by molar-refractivity contribution is -0.140. The molecule has 2 amide bonds. The molecule has 9 nitrogen and oxygen atoms in total. The van der Waals surface area contributed by atoms with Crippen LogP contribution in [0.4, 0.5) is 5.69 Å². The van der Waals surface area contributed by atoms with Gasteiger partial charge in [0, 0.05) is 18.7 Å². The molecule has 10 heteroatoms. The largest absolute Gasteiger partial charge is 0.493 e. The summed E-state index contributed by atoms with van der Waals surface area (Å²) in [5, 5.41) is 2.99. The Morgan fingerprint density at radius 2 is 1.52 bits per heavy atom. The highest BCUT2D eigenvalue weighted by Crippen LogP contribution is 2.32. The van der Waals surface area contributed by atoms with E-state index in [2.05, 4.69) is 5.32 Å². The van der Waals surface area contributed by atoms with E-state index in [1.165, 1.54) is 37.3 Å². The Bertz CT molecular complexity index is 1460. The van der Waals surface area contributed by atoms with Crippen LogP contribution in [0.15, 0.2) is 77.7 Å². The van der Waals surface area contributed by atoms with Gasteiger partial charge < -0.3 is 19.7 Å². The average molecular weight is 596 g/mol. The van der Waals surface area contributed by atoms with Gasteiger partial charge in [-0.05, 0) is 62.1 Å². The molecule has 0 aliphatic heterocycles. The van der Waals surface area contributed by atoms with Gasteiger partial charge in [-0.25, -0.2) is 8.42 Å². The predicted molar refractivity (Wildman–Crippen MR) is 164 cm³/mol. The monoisotopic (exact) mass is 595 g/mol. The quantitative estimate of drug-likeness (QED) is 0.283. The predicted octanol–water partition coefficient (Wildman–Crippen LogP) is 4.93. The summed E-state index contributed by atoms with van der Waals surface area (Å²) in [5.41, 5.74) is 2.15. The SMILES string of the molecule is CC[C@@H](C)NC(=O)[C@@H](CC)N(Cc1ccccc1C)C(=O)CN(c1ccccc1)S(=O)(=O)c1ccc(OC)c(OC)c1. The van der Waals surface area contributed by atoms with Crippen LogP contribution in [0.5, 0.6) is 11.5 Å². The molecule has 0 saturated heterocycles. The second-order valence-corrected chi connectivity index (χ2v) is 11.9. The van der Waals surface area contributed by atoms with E-state index in [0.29, 0.717) is 17.9 Å². The fourth-order valence-corrected chi connectivity index (χ4v) is 5.99. The Kier molecular flexibility index (Phi) is 11.4. The van der Waals surface area contributed by atoms with E-state index in [4.69, 9.17) is 9.47 Å². The Balaban J connectivity index is 2.08. The summed E-state index contributed by atoms with van der Waals surface area (Å²) in [7, 11) is -1.36. The van der Waals surface area contributed by atoms with E-state index in [1.807, 2.05) is 52.0 Å². The molecule has 226 valence electrons. The Morgan fingerprint density at radius 3 is 2.12 bits per heavy atom. The number of carbonyl (C=O) groups excluding carboxylic acids is 2. The van der Waals surface area contributed by atoms with Gasteiger partial charge in [0.1, 0.15) is 12.6 Å². The van der Waals surface area contributed by atoms with Crippen molar-refractivity contribution >= 4 is 27.5 Å². The topological polar surface area (TPSA) is 105 Å². The lowest BCUT2D eigenvalue weighted by atomic mass is 10.1. The molecule has 3 aromatic rings. The number of nitrogens with zero attached hydrogens (tertiary/aromatic N) is 2. The van der Waals surface area contributed by atoms with E-state index in [-0.39, 0.29) is 29.1 Å². The molecule has 42 heavy (non-hydrogen) atoms. The zero-order valence-corrected chi connectivity index (χ0v) is 26.0. The number of amides is 2. The zero-order chi connectivity index (χ0) is 30.9. The lowest BCUT2D eigenvalue weighted by Crippen LogP contribution is -2.53. The standard InChI is InChI=1S/C32H41N3O6S/c1-7-24(4)33-32(37)28(8-2)34(21-25-15-13-12-14-23(25)3)31(36)22-35(26-16-10-9-11-17-26)42(38,39)27-18-19-29(40-5)30(20-27)41-6/h9-20,24,28H,7-8,21-22H2,1-6H3,(H,33,37)/t24-,28-/m1/s1. The first-order valence-corrected chi connectivity index (χ1v) is 15.4. The Morgan fingerprint density at radius 1 is 0.881 bits per heavy atom. The number of anilines is 1. The summed E-state index contributed by atoms with van der Waals surface area (Å²) < 4.78 is 39.9. The number of nitrogens with one attached hydrogen (secondary N) is 1. The number of rotatable bonds is 14. The van der Waals surface area contributed by atoms with Gasteiger partial charge in [0.05, 0.1) is 24.8 Å². The maximum atomic E-state index is 14.2. The molecule has 0 heterocycles. The Hall–Kier alpha value is -4.05. The fourth-order valence-electron chi connectivity index (χ4n) is 4.56. The van der Waals surface area contributed by atoms with Crippen LogP contribution in [0.1, 0.15) is 44.7 Å². The molecular formula is C32H41N3O6S. The normalized spacial score (nSPS) is 12.6. The minimum Gasteiger partial charge on any atom is -0.493 e. The number of ether oxygens (including phenoxy) is 2. The van der Waals surface area contributed by atoms with Crippen LogP contribution < -0.4 is 19.1 Å². The second kappa shape index (κ2) is 14.7. The number of benzene rings is 3. The van der Waals surface area contributed by atoms with Gasteiger partial charge in [0.15, 0.2) is 11.5 Å². The molecule has 0 aliphatic carbocycles. The van der Waals surface area contributed by atoms with Crippen molar-refractivity contribution in [2.24, 2.45) is 0 Å². The van der Waals surface area contributed by atoms with Crippen molar-refractivity contribution in [1.82, 2.24) is 10.2 Å². The van der Waals surface area contributed by atoms with Crippen LogP contribution >= 0.6 is 0 Å². The van der Waals surface area contributed by atoms with Crippen molar-refractivity contribution in [2.45, 2.75) is 64.1 Å². The number of hydrogen-bond acceptors (Lipinski definition) is 6. The van der Waals surface area contributed by atoms with Gasteiger partial charge in [-0.15, -0.1) is 0 Å². The number of sulfonamides is 1. The first kappa shape index (κ1) is 32.5. The highest BCUT2D eigenvalue weighted by Gasteiger charge is 2.34. The molecule has 0 unspecified atom stereocenters. The van der Waals surface area contributed by atoms with E-state index >= 15 is 0 Å². The molecule has 0 saturated carbocycles. The highest BCUT2D eigenvalue weighted by atomic mass is 32.2. The van der Waals surface area contributed by atoms with E-state index in [0.717, 1.165) is 21.9 Å². The van der Waals surface area contributed by atoms with Crippen molar-refractivity contribution in [3.63, 3.8) is 0 Å². The number of carbonyl (C=O) groups is 2. The molecule has 1 N–H and O–H groups in total. The van der Waals surface area contributed by atoms with Gasteiger partial charge in [-0.1, -0.05) is 56.3 Å². The second-order valence-electron chi connectivity index (χ2n) is 10.1. The summed E-state index contributed by atoms with van der Waals surface area (Å²) in [5.74, 6) is -0.159. The average Bonchev–Trinajstić information content (AvgIpc) is 3.00.